The van der Waals surface area contributed by atoms with E-state index in [0.717, 1.165) is 13.2 Å². The number of nitrogens with one attached hydrogen (secondary N) is 1. The zero-order valence-electron chi connectivity index (χ0n) is 6.89. The second kappa shape index (κ2) is 6.99. The average molecular weight is 146 g/mol. The molecule has 0 heterocycles. The predicted octanol–water partition coefficient (Wildman–Crippen LogP) is 0.512. The molecule has 0 fully saturated rings. The van der Waals surface area contributed by atoms with Crippen LogP contribution in [0.4, 0.5) is 0 Å². The molecule has 0 spiro atoms. The first-order valence-electron chi connectivity index (χ1n) is 3.77. The van der Waals surface area contributed by atoms with Crippen LogP contribution in [-0.4, -0.2) is 20.3 Å². The molecule has 0 saturated heterocycles. The van der Waals surface area contributed by atoms with Crippen LogP contribution in [-0.2, 0) is 4.74 Å². The summed E-state index contributed by atoms with van der Waals surface area (Å²) in [6.07, 6.45) is 2.37. The van der Waals surface area contributed by atoms with E-state index in [1.807, 2.05) is 0 Å². The van der Waals surface area contributed by atoms with Gasteiger partial charge in [0, 0.05) is 13.7 Å². The number of nitrogens with two attached hydrogens (primary N) is 1. The van der Waals surface area contributed by atoms with Gasteiger partial charge in [0.1, 0.15) is 0 Å². The molecule has 1 unspecified atom stereocenters. The Bertz CT molecular complexity index is 54.4. The van der Waals surface area contributed by atoms with E-state index in [0.29, 0.717) is 5.92 Å². The second-order valence-electron chi connectivity index (χ2n) is 2.52. The Morgan fingerprint density at radius 3 is 2.70 bits per heavy atom. The zero-order chi connectivity index (χ0) is 7.82. The first-order chi connectivity index (χ1) is 4.85. The number of hydrogen-bond donors (Lipinski definition) is 2. The summed E-state index contributed by atoms with van der Waals surface area (Å²) in [5.74, 6) is 5.75. The fourth-order valence-corrected chi connectivity index (χ4v) is 1.05. The van der Waals surface area contributed by atoms with Crippen LogP contribution in [0.2, 0.25) is 0 Å². The molecule has 0 aromatic rings. The minimum absolute atomic E-state index is 0.569. The van der Waals surface area contributed by atoms with E-state index >= 15 is 0 Å². The van der Waals surface area contributed by atoms with E-state index in [-0.39, 0.29) is 0 Å². The van der Waals surface area contributed by atoms with Gasteiger partial charge >= 0.3 is 0 Å². The van der Waals surface area contributed by atoms with Gasteiger partial charge in [-0.25, -0.2) is 0 Å². The Kier molecular flexibility index (Phi) is 6.91. The molecule has 0 saturated carbocycles. The first-order valence-corrected chi connectivity index (χ1v) is 3.77. The highest BCUT2D eigenvalue weighted by Gasteiger charge is 2.04. The summed E-state index contributed by atoms with van der Waals surface area (Å²) in [4.78, 5) is 0. The summed E-state index contributed by atoms with van der Waals surface area (Å²) in [6.45, 7) is 3.82. The lowest BCUT2D eigenvalue weighted by Crippen LogP contribution is -2.30. The predicted molar refractivity (Wildman–Crippen MR) is 42.5 cm³/mol. The molecule has 0 radical (unpaired) electrons. The molecule has 0 aliphatic rings. The summed E-state index contributed by atoms with van der Waals surface area (Å²) < 4.78 is 5.01. The van der Waals surface area contributed by atoms with Gasteiger partial charge in [-0.3, -0.25) is 11.3 Å². The van der Waals surface area contributed by atoms with Gasteiger partial charge in [0.05, 0.1) is 6.61 Å². The monoisotopic (exact) mass is 146 g/mol. The minimum Gasteiger partial charge on any atom is -0.384 e. The van der Waals surface area contributed by atoms with Crippen molar-refractivity contribution in [3.8, 4) is 0 Å². The highest BCUT2D eigenvalue weighted by molar-refractivity contribution is 4.57. The van der Waals surface area contributed by atoms with Gasteiger partial charge in [-0.1, -0.05) is 13.3 Å². The van der Waals surface area contributed by atoms with Gasteiger partial charge in [-0.2, -0.15) is 0 Å². The molecule has 10 heavy (non-hydrogen) atoms. The Hall–Kier alpha value is -0.120. The molecule has 0 aliphatic carbocycles. The lowest BCUT2D eigenvalue weighted by molar-refractivity contribution is 0.146. The van der Waals surface area contributed by atoms with Crippen LogP contribution in [0.5, 0.6) is 0 Å². The van der Waals surface area contributed by atoms with Crippen molar-refractivity contribution in [1.82, 2.24) is 5.43 Å². The van der Waals surface area contributed by atoms with Gasteiger partial charge in [0.2, 0.25) is 0 Å². The molecule has 3 heteroatoms. The van der Waals surface area contributed by atoms with Crippen molar-refractivity contribution >= 4 is 0 Å². The number of hydrogen-bond acceptors (Lipinski definition) is 3. The Morgan fingerprint density at radius 1 is 1.60 bits per heavy atom. The fraction of sp³-hybridized carbons (Fsp3) is 1.00. The summed E-state index contributed by atoms with van der Waals surface area (Å²) >= 11 is 0. The van der Waals surface area contributed by atoms with E-state index < -0.39 is 0 Å². The van der Waals surface area contributed by atoms with Crippen molar-refractivity contribution in [2.24, 2.45) is 11.8 Å². The molecule has 3 N–H and O–H groups in total. The van der Waals surface area contributed by atoms with Crippen LogP contribution in [0.15, 0.2) is 0 Å². The van der Waals surface area contributed by atoms with E-state index in [1.165, 1.54) is 12.8 Å². The summed E-state index contributed by atoms with van der Waals surface area (Å²) in [5.41, 5.74) is 2.66. The molecule has 0 aliphatic heterocycles. The van der Waals surface area contributed by atoms with Crippen LogP contribution >= 0.6 is 0 Å². The molecule has 0 aromatic heterocycles. The van der Waals surface area contributed by atoms with Crippen molar-refractivity contribution in [3.05, 3.63) is 0 Å². The average Bonchev–Trinajstić information content (AvgIpc) is 1.90. The third-order valence-corrected chi connectivity index (χ3v) is 1.51. The molecular formula is C7H18N2O. The largest absolute Gasteiger partial charge is 0.384 e. The topological polar surface area (TPSA) is 47.3 Å². The normalized spacial score (nSPS) is 13.5. The van der Waals surface area contributed by atoms with Crippen molar-refractivity contribution in [3.63, 3.8) is 0 Å². The quantitative estimate of drug-likeness (QED) is 0.424. The summed E-state index contributed by atoms with van der Waals surface area (Å²) in [7, 11) is 1.72. The number of methoxy groups -OCH3 is 1. The second-order valence-corrected chi connectivity index (χ2v) is 2.52. The van der Waals surface area contributed by atoms with Gasteiger partial charge in [-0.05, 0) is 12.3 Å². The van der Waals surface area contributed by atoms with E-state index in [9.17, 15) is 0 Å². The highest BCUT2D eigenvalue weighted by Crippen LogP contribution is 2.04. The maximum absolute atomic E-state index is 5.18. The van der Waals surface area contributed by atoms with Gasteiger partial charge in [-0.15, -0.1) is 0 Å². The van der Waals surface area contributed by atoms with Crippen LogP contribution in [0.1, 0.15) is 19.8 Å². The number of rotatable bonds is 6. The third-order valence-electron chi connectivity index (χ3n) is 1.51. The standard InChI is InChI=1S/C7H18N2O/c1-3-4-7(5-9-8)6-10-2/h7,9H,3-6,8H2,1-2H3. The molecule has 0 aromatic carbocycles. The molecule has 0 bridgehead atoms. The van der Waals surface area contributed by atoms with Gasteiger partial charge < -0.3 is 4.74 Å². The van der Waals surface area contributed by atoms with Gasteiger partial charge in [0.15, 0.2) is 0 Å². The van der Waals surface area contributed by atoms with Gasteiger partial charge in [0.25, 0.3) is 0 Å². The molecule has 0 rings (SSSR count). The Balaban J connectivity index is 3.30. The fourth-order valence-electron chi connectivity index (χ4n) is 1.05. The maximum atomic E-state index is 5.18. The van der Waals surface area contributed by atoms with Crippen molar-refractivity contribution in [2.45, 2.75) is 19.8 Å². The number of hydrazine groups is 1. The molecule has 62 valence electrons. The third kappa shape index (κ3) is 4.73. The summed E-state index contributed by atoms with van der Waals surface area (Å²) in [6, 6.07) is 0. The molecule has 3 nitrogen and oxygen atoms in total. The van der Waals surface area contributed by atoms with Crippen LogP contribution in [0, 0.1) is 5.92 Å². The van der Waals surface area contributed by atoms with E-state index in [4.69, 9.17) is 10.6 Å². The molecular weight excluding hydrogens is 128 g/mol. The molecule has 0 amide bonds. The zero-order valence-corrected chi connectivity index (χ0v) is 6.89. The lowest BCUT2D eigenvalue weighted by Gasteiger charge is -2.13. The van der Waals surface area contributed by atoms with Crippen molar-refractivity contribution in [1.29, 1.82) is 0 Å². The van der Waals surface area contributed by atoms with Crippen LogP contribution < -0.4 is 11.3 Å². The van der Waals surface area contributed by atoms with Crippen molar-refractivity contribution in [2.75, 3.05) is 20.3 Å². The Morgan fingerprint density at radius 2 is 2.30 bits per heavy atom. The summed E-state index contributed by atoms with van der Waals surface area (Å²) in [5, 5.41) is 0. The SMILES string of the molecule is CCCC(CNN)COC. The van der Waals surface area contributed by atoms with E-state index in [2.05, 4.69) is 12.3 Å². The molecule has 1 atom stereocenters. The number of ether oxygens (including phenoxy) is 1. The highest BCUT2D eigenvalue weighted by atomic mass is 16.5. The minimum atomic E-state index is 0.569. The first kappa shape index (κ1) is 9.88. The Labute approximate surface area is 62.9 Å². The maximum Gasteiger partial charge on any atom is 0.0503 e. The van der Waals surface area contributed by atoms with Crippen molar-refractivity contribution < 1.29 is 4.74 Å². The lowest BCUT2D eigenvalue weighted by atomic mass is 10.1. The van der Waals surface area contributed by atoms with Crippen LogP contribution in [0.25, 0.3) is 0 Å². The smallest absolute Gasteiger partial charge is 0.0503 e. The van der Waals surface area contributed by atoms with Crippen LogP contribution in [0.3, 0.4) is 0 Å². The van der Waals surface area contributed by atoms with E-state index in [1.54, 1.807) is 7.11 Å².